The number of likely N-dealkylation sites (tertiary alicyclic amines) is 4. The molecular weight excluding hydrogens is 1770 g/mol. The normalized spacial score (nSPS) is 20.6. The summed E-state index contributed by atoms with van der Waals surface area (Å²) >= 11 is 6.26. The smallest absolute Gasteiger partial charge is 0.317 e. The number of hydrogen-bond acceptors (Lipinski definition) is 19. The lowest BCUT2D eigenvalue weighted by Gasteiger charge is -2.43. The summed E-state index contributed by atoms with van der Waals surface area (Å²) in [7, 11) is 12.3. The highest BCUT2D eigenvalue weighted by Crippen LogP contribution is 2.48. The maximum absolute atomic E-state index is 14.9. The number of nitrogens with two attached hydrogens (primary N) is 1. The predicted octanol–water partition coefficient (Wildman–Crippen LogP) is 18.0. The molecule has 6 heterocycles. The number of unbranched alkanes of at least 4 members (excludes halogenated alkanes) is 4. The van der Waals surface area contributed by atoms with Gasteiger partial charge in [-0.2, -0.15) is 0 Å². The molecule has 2 aromatic heterocycles. The molecule has 4 saturated heterocycles. The molecular formula is C109H178ClFN12O15. The largest absolute Gasteiger partial charge is 0.464 e. The van der Waals surface area contributed by atoms with Crippen LogP contribution in [0.15, 0.2) is 112 Å². The summed E-state index contributed by atoms with van der Waals surface area (Å²) in [5.74, 6) is 0.635. The number of furan rings is 2. The lowest BCUT2D eigenvalue weighted by atomic mass is 9.73. The number of hydrogen-bond donors (Lipinski definition) is 13. The molecule has 1 saturated carbocycles. The van der Waals surface area contributed by atoms with Crippen LogP contribution in [0.25, 0.3) is 21.9 Å². The molecule has 6 aromatic rings. The van der Waals surface area contributed by atoms with Crippen LogP contribution in [-0.4, -0.2) is 254 Å². The molecule has 5 fully saturated rings. The quantitative estimate of drug-likeness (QED) is 0.0158. The Kier molecular flexibility index (Phi) is 48.2. The Morgan fingerprint density at radius 3 is 1.36 bits per heavy atom. The zero-order valence-electron chi connectivity index (χ0n) is 86.9. The number of benzene rings is 4. The van der Waals surface area contributed by atoms with Crippen molar-refractivity contribution in [3.63, 3.8) is 0 Å². The Labute approximate surface area is 830 Å². The summed E-state index contributed by atoms with van der Waals surface area (Å²) in [6.07, 6.45) is 24.5. The Morgan fingerprint density at radius 1 is 0.486 bits per heavy atom. The maximum atomic E-state index is 14.9. The SMILES string of the molecule is CNC[C@@H](NC(=O)N1CCC[C@@H]([C@@](O)(CCCCOC)c2cccc(Cl)c2)C1)[C@@H](O)C(C)C.CNC[C@H](C)NC(=O)N1CCC[C@@H]([C@@](O)(CCCCOC)c2cccc3cc(C(C)(C)C)oc23)C1.CNC[C@H](CC(C)(C)C)NC(=O)N1CCC[C@@H]([C@@](O)(CCCCOC)c2cccc3ccoc23)C1.COCCCC[C@@](O)(c1ccccc1F)[C@@H]1CCCN(C(=O)N[C@@H](CC2CCCCC2)[C@H](C)N)C1. The number of ether oxygens (including phenoxy) is 4. The molecule has 778 valence electrons. The third-order valence-electron chi connectivity index (χ3n) is 29.1. The van der Waals surface area contributed by atoms with E-state index in [1.165, 1.54) is 38.2 Å². The van der Waals surface area contributed by atoms with E-state index >= 15 is 0 Å². The van der Waals surface area contributed by atoms with Crippen molar-refractivity contribution in [2.24, 2.45) is 46.7 Å². The number of aliphatic hydroxyl groups excluding tert-OH is 1. The van der Waals surface area contributed by atoms with Gasteiger partial charge in [-0.25, -0.2) is 23.6 Å². The summed E-state index contributed by atoms with van der Waals surface area (Å²) in [5, 5.41) is 83.6. The van der Waals surface area contributed by atoms with Gasteiger partial charge in [0.15, 0.2) is 0 Å². The number of amides is 8. The van der Waals surface area contributed by atoms with Crippen LogP contribution >= 0.6 is 11.6 Å². The minimum absolute atomic E-state index is 0.0257. The number of rotatable bonds is 44. The second-order valence-corrected chi connectivity index (χ2v) is 43.2. The first-order valence-electron chi connectivity index (χ1n) is 51.8. The number of carbonyl (C=O) groups is 4. The predicted molar refractivity (Wildman–Crippen MR) is 551 cm³/mol. The van der Waals surface area contributed by atoms with E-state index < -0.39 is 34.3 Å². The molecule has 11 rings (SSSR count). The van der Waals surface area contributed by atoms with E-state index in [1.807, 2.05) is 112 Å². The first kappa shape index (κ1) is 116. The Bertz CT molecular complexity index is 4540. The number of carbonyl (C=O) groups excluding carboxylic acids is 4. The van der Waals surface area contributed by atoms with Crippen LogP contribution in [0, 0.1) is 46.7 Å². The fourth-order valence-electron chi connectivity index (χ4n) is 21.4. The topological polar surface area (TPSA) is 356 Å². The average molecular weight is 1950 g/mol. The summed E-state index contributed by atoms with van der Waals surface area (Å²) < 4.78 is 47.9. The standard InChI is InChI=1S/C28H46FN3O3.2C28H45N3O4.C25H42ClN3O4/c1-21(30)26(19-22-11-4-3-5-12-22)31-27(33)32-17-10-13-23(20-32)28(34,16-8-9-18-35-2)24-14-6-7-15-25(24)29;1-20(18-29-5)30-26(32)31-15-10-12-22(19-31)28(33,14-7-8-16-34-6)23-13-9-11-21-17-24(27(2,3)4)35-25(21)23;1-27(2,3)18-23(19-29-4)30-26(32)31-15-9-11-22(20-31)28(33,14-6-7-16-34-5)24-12-8-10-21-13-17-35-25(21)24;1-18(2)23(30)22(16-27-3)28-24(31)29-13-8-10-20(17-29)25(32,12-5-6-14-33-4)19-9-7-11-21(26)15-19/h6-7,14-15,21-23,26,34H,3-5,8-13,16-20,30H2,1-2H3,(H,31,33);9,11,13,17,20,22,29,33H,7-8,10,12,14-16,18-19H2,1-6H3,(H,30,32);8,10,12-13,17,22-23,29,33H,6-7,9,11,14-16,18-20H2,1-5H3,(H,30,32);7,9,11,15,18,20,22-23,27,30,32H,5-6,8,10,12-14,16-17H2,1-4H3,(H,28,31)/t21-,23+,26-,28-;20-,22+,28-;22-,23+,28+;20-,22-,23+,25-/m0011/s1. The summed E-state index contributed by atoms with van der Waals surface area (Å²) in [6.45, 7) is 29.9. The zero-order chi connectivity index (χ0) is 101. The van der Waals surface area contributed by atoms with E-state index in [1.54, 1.807) is 75.8 Å². The van der Waals surface area contributed by atoms with Crippen molar-refractivity contribution in [1.82, 2.24) is 56.8 Å². The van der Waals surface area contributed by atoms with Gasteiger partial charge in [-0.05, 0) is 229 Å². The van der Waals surface area contributed by atoms with Crippen LogP contribution in [-0.2, 0) is 46.8 Å². The van der Waals surface area contributed by atoms with E-state index in [9.17, 15) is 49.1 Å². The van der Waals surface area contributed by atoms with Gasteiger partial charge in [-0.3, -0.25) is 0 Å². The van der Waals surface area contributed by atoms with E-state index in [0.717, 1.165) is 167 Å². The molecule has 27 nitrogen and oxygen atoms in total. The highest BCUT2D eigenvalue weighted by atomic mass is 35.5. The van der Waals surface area contributed by atoms with Gasteiger partial charge >= 0.3 is 24.1 Å². The van der Waals surface area contributed by atoms with Crippen LogP contribution in [0.1, 0.15) is 271 Å². The van der Waals surface area contributed by atoms with Crippen LogP contribution < -0.4 is 43.0 Å². The molecule has 29 heteroatoms. The van der Waals surface area contributed by atoms with Crippen LogP contribution in [0.2, 0.25) is 5.02 Å². The molecule has 0 unspecified atom stereocenters. The lowest BCUT2D eigenvalue weighted by Crippen LogP contribution is -2.57. The third kappa shape index (κ3) is 34.2. The fourth-order valence-corrected chi connectivity index (χ4v) is 21.6. The molecule has 1 aliphatic carbocycles. The number of fused-ring (bicyclic) bond motifs is 2. The van der Waals surface area contributed by atoms with Crippen molar-refractivity contribution in [3.8, 4) is 0 Å². The molecule has 0 spiro atoms. The molecule has 4 aliphatic heterocycles. The molecule has 0 radical (unpaired) electrons. The highest BCUT2D eigenvalue weighted by Gasteiger charge is 2.48. The van der Waals surface area contributed by atoms with Gasteiger partial charge in [0.2, 0.25) is 0 Å². The average Bonchev–Trinajstić information content (AvgIpc) is 1.69. The number of piperidine rings is 4. The molecule has 5 aliphatic rings. The first-order chi connectivity index (χ1) is 65.8. The Balaban J connectivity index is 0.000000226. The van der Waals surface area contributed by atoms with E-state index in [0.29, 0.717) is 134 Å². The number of para-hydroxylation sites is 2. The van der Waals surface area contributed by atoms with Gasteiger partial charge in [0.05, 0.1) is 40.8 Å². The van der Waals surface area contributed by atoms with Crippen LogP contribution in [0.4, 0.5) is 23.6 Å². The minimum atomic E-state index is -1.33. The van der Waals surface area contributed by atoms with Crippen molar-refractivity contribution in [2.45, 2.75) is 307 Å². The number of urea groups is 4. The van der Waals surface area contributed by atoms with E-state index in [-0.39, 0.29) is 94.8 Å². The fraction of sp³-hybridized carbons (Fsp3) is 0.706. The number of nitrogens with one attached hydrogen (secondary N) is 7. The van der Waals surface area contributed by atoms with E-state index in [4.69, 9.17) is 45.1 Å². The summed E-state index contributed by atoms with van der Waals surface area (Å²) in [4.78, 5) is 60.1. The van der Waals surface area contributed by atoms with Crippen molar-refractivity contribution in [2.75, 3.05) is 148 Å². The number of nitrogens with zero attached hydrogens (tertiary/aromatic N) is 4. The second kappa shape index (κ2) is 57.3. The van der Waals surface area contributed by atoms with Crippen molar-refractivity contribution < 1.29 is 76.9 Å². The second-order valence-electron chi connectivity index (χ2n) is 42.7. The first-order valence-corrected chi connectivity index (χ1v) is 52.2. The van der Waals surface area contributed by atoms with Gasteiger partial charge in [-0.1, -0.05) is 166 Å². The molecule has 0 bridgehead atoms. The van der Waals surface area contributed by atoms with Crippen LogP contribution in [0.3, 0.4) is 0 Å². The van der Waals surface area contributed by atoms with E-state index in [2.05, 4.69) is 84.8 Å². The molecule has 138 heavy (non-hydrogen) atoms. The van der Waals surface area contributed by atoms with Crippen molar-refractivity contribution in [1.29, 1.82) is 0 Å². The molecule has 4 aromatic carbocycles. The Morgan fingerprint density at radius 2 is 0.913 bits per heavy atom. The molecule has 14 atom stereocenters. The van der Waals surface area contributed by atoms with Gasteiger partial charge in [0.25, 0.3) is 0 Å². The maximum Gasteiger partial charge on any atom is 0.317 e. The number of aliphatic hydroxyl groups is 5. The molecule has 14 N–H and O–H groups in total. The third-order valence-corrected chi connectivity index (χ3v) is 29.4. The van der Waals surface area contributed by atoms with Gasteiger partial charge < -0.3 is 116 Å². The summed E-state index contributed by atoms with van der Waals surface area (Å²) in [5.41, 5.74) is 5.94. The van der Waals surface area contributed by atoms with Gasteiger partial charge in [0.1, 0.15) is 22.7 Å². The minimum Gasteiger partial charge on any atom is -0.464 e. The highest BCUT2D eigenvalue weighted by molar-refractivity contribution is 6.30. The monoisotopic (exact) mass is 1950 g/mol. The number of halogens is 2. The van der Waals surface area contributed by atoms with Gasteiger partial charge in [-0.15, -0.1) is 0 Å². The number of likely N-dealkylation sites (N-methyl/N-ethyl adjacent to an activating group) is 3. The lowest BCUT2D eigenvalue weighted by molar-refractivity contribution is -0.0589. The van der Waals surface area contributed by atoms with Crippen LogP contribution in [0.5, 0.6) is 0 Å². The van der Waals surface area contributed by atoms with Crippen molar-refractivity contribution >= 4 is 57.7 Å². The number of methoxy groups -OCH3 is 4. The summed E-state index contributed by atoms with van der Waals surface area (Å²) in [6, 6.07) is 29.0. The van der Waals surface area contributed by atoms with Crippen molar-refractivity contribution in [3.05, 3.63) is 142 Å². The molecule has 8 amide bonds. The van der Waals surface area contributed by atoms with Gasteiger partial charge in [0, 0.05) is 213 Å². The Hall–Kier alpha value is -7.26. The zero-order valence-corrected chi connectivity index (χ0v) is 87.6.